The molecule has 2 rings (SSSR count). The van der Waals surface area contributed by atoms with Gasteiger partial charge < -0.3 is 5.11 Å². The predicted molar refractivity (Wildman–Crippen MR) is 43.8 cm³/mol. The van der Waals surface area contributed by atoms with Crippen molar-refractivity contribution >= 4 is 21.6 Å². The summed E-state index contributed by atoms with van der Waals surface area (Å²) < 4.78 is 0.933. The molecule has 1 aliphatic heterocycles. The summed E-state index contributed by atoms with van der Waals surface area (Å²) in [6.07, 6.45) is -0.845. The molecule has 1 heterocycles. The Morgan fingerprint density at radius 2 is 2.36 bits per heavy atom. The Bertz CT molecular complexity index is 290. The number of halogens is 1. The van der Waals surface area contributed by atoms with Gasteiger partial charge in [0.15, 0.2) is 0 Å². The maximum atomic E-state index is 9.20. The van der Waals surface area contributed by atoms with E-state index >= 15 is 0 Å². The molecule has 58 valence electrons. The molecule has 1 atom stereocenters. The molecule has 4 heteroatoms. The predicted octanol–water partition coefficient (Wildman–Crippen LogP) is 1.80. The molecule has 0 fully saturated rings. The van der Waals surface area contributed by atoms with E-state index in [2.05, 4.69) is 21.4 Å². The quantitative estimate of drug-likeness (QED) is 0.694. The van der Waals surface area contributed by atoms with E-state index in [0.29, 0.717) is 0 Å². The number of aliphatic hydroxyl groups excluding tert-OH is 1. The van der Waals surface area contributed by atoms with Gasteiger partial charge in [-0.1, -0.05) is 15.9 Å². The van der Waals surface area contributed by atoms with Crippen LogP contribution in [0.25, 0.3) is 0 Å². The molecule has 0 aromatic heterocycles. The van der Waals surface area contributed by atoms with E-state index in [1.807, 2.05) is 18.2 Å². The Labute approximate surface area is 72.1 Å². The van der Waals surface area contributed by atoms with Crippen molar-refractivity contribution in [3.05, 3.63) is 28.2 Å². The molecule has 0 amide bonds. The van der Waals surface area contributed by atoms with Crippen molar-refractivity contribution < 1.29 is 9.94 Å². The van der Waals surface area contributed by atoms with Gasteiger partial charge in [0.25, 0.3) is 0 Å². The second kappa shape index (κ2) is 2.48. The van der Waals surface area contributed by atoms with Gasteiger partial charge in [-0.05, 0) is 18.2 Å². The third-order valence-corrected chi connectivity index (χ3v) is 2.05. The number of benzene rings is 1. The van der Waals surface area contributed by atoms with Gasteiger partial charge in [0.05, 0.1) is 5.69 Å². The zero-order chi connectivity index (χ0) is 7.84. The maximum Gasteiger partial charge on any atom is 0.209 e. The molecule has 11 heavy (non-hydrogen) atoms. The summed E-state index contributed by atoms with van der Waals surface area (Å²) in [6.45, 7) is 0. The minimum absolute atomic E-state index is 0.763. The van der Waals surface area contributed by atoms with Crippen molar-refractivity contribution in [3.8, 4) is 0 Å². The summed E-state index contributed by atoms with van der Waals surface area (Å²) in [6, 6.07) is 5.54. The van der Waals surface area contributed by atoms with Crippen molar-refractivity contribution in [1.29, 1.82) is 0 Å². The lowest BCUT2D eigenvalue weighted by Crippen LogP contribution is -1.95. The van der Waals surface area contributed by atoms with E-state index in [0.717, 1.165) is 15.7 Å². The van der Waals surface area contributed by atoms with Crippen LogP contribution in [0.1, 0.15) is 11.9 Å². The Balaban J connectivity index is 2.52. The Morgan fingerprint density at radius 3 is 3.18 bits per heavy atom. The second-order valence-electron chi connectivity index (χ2n) is 2.30. The Kier molecular flexibility index (Phi) is 1.60. The summed E-state index contributed by atoms with van der Waals surface area (Å²) in [7, 11) is 0. The van der Waals surface area contributed by atoms with Crippen molar-refractivity contribution in [2.75, 3.05) is 5.48 Å². The lowest BCUT2D eigenvalue weighted by Gasteiger charge is -1.98. The highest BCUT2D eigenvalue weighted by Gasteiger charge is 2.20. The van der Waals surface area contributed by atoms with E-state index in [1.165, 1.54) is 0 Å². The lowest BCUT2D eigenvalue weighted by molar-refractivity contribution is -0.0632. The molecule has 1 unspecified atom stereocenters. The first-order valence-electron chi connectivity index (χ1n) is 3.16. The molecule has 0 bridgehead atoms. The largest absolute Gasteiger partial charge is 0.362 e. The number of fused-ring (bicyclic) bond motifs is 1. The van der Waals surface area contributed by atoms with Crippen LogP contribution in [-0.2, 0) is 4.84 Å². The maximum absolute atomic E-state index is 9.20. The van der Waals surface area contributed by atoms with E-state index in [1.54, 1.807) is 0 Å². The molecule has 1 aromatic carbocycles. The number of anilines is 1. The molecule has 0 aliphatic carbocycles. The van der Waals surface area contributed by atoms with Crippen molar-refractivity contribution in [2.24, 2.45) is 0 Å². The highest BCUT2D eigenvalue weighted by Crippen LogP contribution is 2.32. The molecule has 3 nitrogen and oxygen atoms in total. The van der Waals surface area contributed by atoms with Gasteiger partial charge in [-0.25, -0.2) is 4.84 Å². The first-order chi connectivity index (χ1) is 5.27. The van der Waals surface area contributed by atoms with Gasteiger partial charge in [-0.3, -0.25) is 5.48 Å². The fourth-order valence-electron chi connectivity index (χ4n) is 1.01. The molecular weight excluding hydrogens is 210 g/mol. The van der Waals surface area contributed by atoms with Gasteiger partial charge in [0.1, 0.15) is 0 Å². The van der Waals surface area contributed by atoms with Gasteiger partial charge >= 0.3 is 0 Å². The van der Waals surface area contributed by atoms with Crippen LogP contribution in [0.2, 0.25) is 0 Å². The van der Waals surface area contributed by atoms with Crippen molar-refractivity contribution in [3.63, 3.8) is 0 Å². The smallest absolute Gasteiger partial charge is 0.209 e. The summed E-state index contributed by atoms with van der Waals surface area (Å²) in [4.78, 5) is 4.76. The zero-order valence-electron chi connectivity index (χ0n) is 5.54. The normalized spacial score (nSPS) is 21.1. The summed E-state index contributed by atoms with van der Waals surface area (Å²) in [5.74, 6) is 0. The average Bonchev–Trinajstić information content (AvgIpc) is 2.33. The van der Waals surface area contributed by atoms with Crippen LogP contribution in [0, 0.1) is 0 Å². The molecular formula is C7H6BrNO2. The fraction of sp³-hybridized carbons (Fsp3) is 0.143. The monoisotopic (exact) mass is 215 g/mol. The topological polar surface area (TPSA) is 41.5 Å². The molecule has 1 aromatic rings. The zero-order valence-corrected chi connectivity index (χ0v) is 7.13. The van der Waals surface area contributed by atoms with Crippen LogP contribution in [0.5, 0.6) is 0 Å². The van der Waals surface area contributed by atoms with Gasteiger partial charge in [-0.15, -0.1) is 0 Å². The summed E-state index contributed by atoms with van der Waals surface area (Å²) in [5, 5.41) is 9.20. The van der Waals surface area contributed by atoms with Crippen molar-refractivity contribution in [1.82, 2.24) is 0 Å². The van der Waals surface area contributed by atoms with Gasteiger partial charge in [0.2, 0.25) is 6.29 Å². The Hall–Kier alpha value is -0.580. The lowest BCUT2D eigenvalue weighted by atomic mass is 10.2. The third-order valence-electron chi connectivity index (χ3n) is 1.56. The van der Waals surface area contributed by atoms with Crippen LogP contribution in [0.3, 0.4) is 0 Å². The highest BCUT2D eigenvalue weighted by atomic mass is 79.9. The number of hydrogen-bond acceptors (Lipinski definition) is 3. The molecule has 0 spiro atoms. The summed E-state index contributed by atoms with van der Waals surface area (Å²) >= 11 is 3.30. The average molecular weight is 216 g/mol. The number of rotatable bonds is 0. The second-order valence-corrected chi connectivity index (χ2v) is 3.22. The third kappa shape index (κ3) is 1.13. The van der Waals surface area contributed by atoms with E-state index in [9.17, 15) is 5.11 Å². The molecule has 1 aliphatic rings. The van der Waals surface area contributed by atoms with Gasteiger partial charge in [-0.2, -0.15) is 0 Å². The van der Waals surface area contributed by atoms with Crippen LogP contribution in [0.4, 0.5) is 5.69 Å². The fourth-order valence-corrected chi connectivity index (χ4v) is 1.39. The SMILES string of the molecule is OC1ONc2ccc(Br)cc21. The first kappa shape index (κ1) is 7.09. The van der Waals surface area contributed by atoms with Crippen LogP contribution in [-0.4, -0.2) is 5.11 Å². The van der Waals surface area contributed by atoms with Crippen LogP contribution < -0.4 is 5.48 Å². The van der Waals surface area contributed by atoms with Crippen molar-refractivity contribution in [2.45, 2.75) is 6.29 Å². The summed E-state index contributed by atoms with van der Waals surface area (Å²) in [5.41, 5.74) is 4.19. The standard InChI is InChI=1S/C7H6BrNO2/c8-4-1-2-6-5(3-4)7(10)11-9-6/h1-3,7,9-10H. The highest BCUT2D eigenvalue weighted by molar-refractivity contribution is 9.10. The molecule has 0 saturated carbocycles. The number of nitrogens with one attached hydrogen (secondary N) is 1. The number of hydrogen-bond donors (Lipinski definition) is 2. The van der Waals surface area contributed by atoms with E-state index in [4.69, 9.17) is 4.84 Å². The number of aliphatic hydroxyl groups is 1. The minimum atomic E-state index is -0.845. The molecule has 2 N–H and O–H groups in total. The van der Waals surface area contributed by atoms with Crippen LogP contribution in [0.15, 0.2) is 22.7 Å². The molecule has 0 saturated heterocycles. The first-order valence-corrected chi connectivity index (χ1v) is 3.96. The van der Waals surface area contributed by atoms with Crippen LogP contribution >= 0.6 is 15.9 Å². The minimum Gasteiger partial charge on any atom is -0.362 e. The Morgan fingerprint density at radius 1 is 1.55 bits per heavy atom. The van der Waals surface area contributed by atoms with E-state index in [-0.39, 0.29) is 0 Å². The van der Waals surface area contributed by atoms with Gasteiger partial charge in [0, 0.05) is 10.0 Å². The molecule has 0 radical (unpaired) electrons. The van der Waals surface area contributed by atoms with E-state index < -0.39 is 6.29 Å².